The summed E-state index contributed by atoms with van der Waals surface area (Å²) in [5.74, 6) is -0.0899. The summed E-state index contributed by atoms with van der Waals surface area (Å²) in [5, 5.41) is 4.02. The van der Waals surface area contributed by atoms with Gasteiger partial charge in [0.15, 0.2) is 0 Å². The third-order valence-corrected chi connectivity index (χ3v) is 4.77. The van der Waals surface area contributed by atoms with Gasteiger partial charge in [0.05, 0.1) is 5.52 Å². The van der Waals surface area contributed by atoms with Crippen LogP contribution in [0.15, 0.2) is 47.3 Å². The van der Waals surface area contributed by atoms with E-state index in [0.29, 0.717) is 6.54 Å². The summed E-state index contributed by atoms with van der Waals surface area (Å²) in [6.07, 6.45) is 0.250. The number of aryl methyl sites for hydroxylation is 5. The van der Waals surface area contributed by atoms with Crippen LogP contribution in [0.2, 0.25) is 0 Å². The molecule has 2 aromatic carbocycles. The molecule has 1 amide bonds. The van der Waals surface area contributed by atoms with Crippen LogP contribution in [0.3, 0.4) is 0 Å². The first kappa shape index (κ1) is 17.9. The molecule has 0 aliphatic heterocycles. The number of benzene rings is 2. The van der Waals surface area contributed by atoms with Gasteiger partial charge in [-0.2, -0.15) is 0 Å². The van der Waals surface area contributed by atoms with Crippen molar-refractivity contribution in [2.45, 2.75) is 40.7 Å². The molecule has 0 aliphatic carbocycles. The number of nitrogens with zero attached hydrogens (tertiary/aromatic N) is 1. The number of hydrogen-bond acceptors (Lipinski definition) is 2. The van der Waals surface area contributed by atoms with Crippen LogP contribution in [-0.2, 0) is 11.3 Å². The van der Waals surface area contributed by atoms with E-state index in [9.17, 15) is 9.59 Å². The maximum Gasteiger partial charge on any atom is 0.251 e. The zero-order valence-corrected chi connectivity index (χ0v) is 15.7. The van der Waals surface area contributed by atoms with E-state index >= 15 is 0 Å². The molecule has 0 aliphatic rings. The Hall–Kier alpha value is -2.88. The van der Waals surface area contributed by atoms with E-state index in [1.54, 1.807) is 10.6 Å². The predicted octanol–water partition coefficient (Wildman–Crippen LogP) is 4.26. The highest BCUT2D eigenvalue weighted by Gasteiger charge is 2.11. The molecule has 0 saturated carbocycles. The lowest BCUT2D eigenvalue weighted by Crippen LogP contribution is -2.24. The maximum atomic E-state index is 12.5. The molecule has 1 aromatic heterocycles. The molecule has 4 nitrogen and oxygen atoms in total. The Kier molecular flexibility index (Phi) is 4.94. The fourth-order valence-electron chi connectivity index (χ4n) is 3.31. The number of anilines is 1. The molecule has 0 saturated heterocycles. The van der Waals surface area contributed by atoms with Gasteiger partial charge in [0, 0.05) is 30.1 Å². The van der Waals surface area contributed by atoms with Gasteiger partial charge in [0.25, 0.3) is 5.56 Å². The summed E-state index contributed by atoms with van der Waals surface area (Å²) >= 11 is 0. The SMILES string of the molecule is Cc1ccc(C)c(NC(=O)CCn2c(=O)cc(C)c3cccc(C)c32)c1. The van der Waals surface area contributed by atoms with Crippen LogP contribution >= 0.6 is 0 Å². The number of amides is 1. The number of nitrogens with one attached hydrogen (secondary N) is 1. The largest absolute Gasteiger partial charge is 0.326 e. The zero-order valence-electron chi connectivity index (χ0n) is 15.7. The molecule has 3 rings (SSSR count). The fourth-order valence-corrected chi connectivity index (χ4v) is 3.31. The van der Waals surface area contributed by atoms with Gasteiger partial charge in [-0.1, -0.05) is 30.3 Å². The monoisotopic (exact) mass is 348 g/mol. The number of fused-ring (bicyclic) bond motifs is 1. The summed E-state index contributed by atoms with van der Waals surface area (Å²) in [7, 11) is 0. The van der Waals surface area contributed by atoms with E-state index in [0.717, 1.165) is 38.8 Å². The van der Waals surface area contributed by atoms with Crippen LogP contribution in [-0.4, -0.2) is 10.5 Å². The van der Waals surface area contributed by atoms with Crippen molar-refractivity contribution >= 4 is 22.5 Å². The van der Waals surface area contributed by atoms with Gasteiger partial charge in [-0.15, -0.1) is 0 Å². The molecule has 26 heavy (non-hydrogen) atoms. The molecular weight excluding hydrogens is 324 g/mol. The Morgan fingerprint density at radius 3 is 2.50 bits per heavy atom. The second-order valence-electron chi connectivity index (χ2n) is 6.90. The highest BCUT2D eigenvalue weighted by Crippen LogP contribution is 2.21. The molecule has 1 N–H and O–H groups in total. The molecule has 0 unspecified atom stereocenters. The number of carbonyl (C=O) groups excluding carboxylic acids is 1. The quantitative estimate of drug-likeness (QED) is 0.766. The topological polar surface area (TPSA) is 51.1 Å². The lowest BCUT2D eigenvalue weighted by Gasteiger charge is -2.14. The summed E-state index contributed by atoms with van der Waals surface area (Å²) < 4.78 is 1.71. The Labute approximate surface area is 153 Å². The molecule has 0 bridgehead atoms. The molecule has 3 aromatic rings. The summed E-state index contributed by atoms with van der Waals surface area (Å²) in [5.41, 5.74) is 5.80. The second kappa shape index (κ2) is 7.16. The van der Waals surface area contributed by atoms with Crippen LogP contribution in [0, 0.1) is 27.7 Å². The zero-order chi connectivity index (χ0) is 18.8. The van der Waals surface area contributed by atoms with E-state index in [1.165, 1.54) is 0 Å². The minimum absolute atomic E-state index is 0.0659. The van der Waals surface area contributed by atoms with Crippen molar-refractivity contribution in [1.29, 1.82) is 0 Å². The van der Waals surface area contributed by atoms with Gasteiger partial charge in [-0.05, 0) is 56.0 Å². The van der Waals surface area contributed by atoms with Crippen molar-refractivity contribution in [3.05, 3.63) is 75.1 Å². The van der Waals surface area contributed by atoms with Crippen LogP contribution in [0.4, 0.5) is 5.69 Å². The number of carbonyl (C=O) groups is 1. The number of para-hydroxylation sites is 1. The summed E-state index contributed by atoms with van der Waals surface area (Å²) in [4.78, 5) is 24.9. The van der Waals surface area contributed by atoms with Gasteiger partial charge in [0.2, 0.25) is 5.91 Å². The standard InChI is InChI=1S/C22H24N2O2/c1-14-8-9-15(2)19(12-14)23-20(25)10-11-24-21(26)13-17(4)18-7-5-6-16(3)22(18)24/h5-9,12-13H,10-11H2,1-4H3,(H,23,25). The summed E-state index contributed by atoms with van der Waals surface area (Å²) in [6, 6.07) is 13.6. The molecule has 1 heterocycles. The second-order valence-corrected chi connectivity index (χ2v) is 6.90. The Bertz CT molecular complexity index is 1050. The normalized spacial score (nSPS) is 10.9. The van der Waals surface area contributed by atoms with Crippen molar-refractivity contribution in [3.63, 3.8) is 0 Å². The summed E-state index contributed by atoms with van der Waals surface area (Å²) in [6.45, 7) is 8.26. The molecule has 4 heteroatoms. The van der Waals surface area contributed by atoms with Gasteiger partial charge in [-0.25, -0.2) is 0 Å². The van der Waals surface area contributed by atoms with Crippen molar-refractivity contribution in [2.75, 3.05) is 5.32 Å². The van der Waals surface area contributed by atoms with Crippen molar-refractivity contribution in [1.82, 2.24) is 4.57 Å². The first-order valence-electron chi connectivity index (χ1n) is 8.83. The third-order valence-electron chi connectivity index (χ3n) is 4.77. The predicted molar refractivity (Wildman–Crippen MR) is 107 cm³/mol. The van der Waals surface area contributed by atoms with Crippen LogP contribution in [0.25, 0.3) is 10.9 Å². The van der Waals surface area contributed by atoms with Crippen LogP contribution in [0.1, 0.15) is 28.7 Å². The van der Waals surface area contributed by atoms with Crippen LogP contribution < -0.4 is 10.9 Å². The van der Waals surface area contributed by atoms with Gasteiger partial charge >= 0.3 is 0 Å². The average molecular weight is 348 g/mol. The van der Waals surface area contributed by atoms with Crippen LogP contribution in [0.5, 0.6) is 0 Å². The molecule has 0 atom stereocenters. The van der Waals surface area contributed by atoms with Crippen molar-refractivity contribution in [3.8, 4) is 0 Å². The highest BCUT2D eigenvalue weighted by atomic mass is 16.1. The van der Waals surface area contributed by atoms with E-state index < -0.39 is 0 Å². The number of rotatable bonds is 4. The molecule has 0 spiro atoms. The smallest absolute Gasteiger partial charge is 0.251 e. The number of hydrogen-bond donors (Lipinski definition) is 1. The van der Waals surface area contributed by atoms with E-state index in [1.807, 2.05) is 64.1 Å². The lowest BCUT2D eigenvalue weighted by molar-refractivity contribution is -0.116. The van der Waals surface area contributed by atoms with Gasteiger partial charge in [-0.3, -0.25) is 9.59 Å². The van der Waals surface area contributed by atoms with E-state index in [4.69, 9.17) is 0 Å². The highest BCUT2D eigenvalue weighted by molar-refractivity contribution is 5.92. The molecular formula is C22H24N2O2. The fraction of sp³-hybridized carbons (Fsp3) is 0.273. The first-order chi connectivity index (χ1) is 12.4. The first-order valence-corrected chi connectivity index (χ1v) is 8.83. The maximum absolute atomic E-state index is 12.5. The van der Waals surface area contributed by atoms with E-state index in [2.05, 4.69) is 5.32 Å². The minimum Gasteiger partial charge on any atom is -0.326 e. The molecule has 0 radical (unpaired) electrons. The molecule has 134 valence electrons. The minimum atomic E-state index is -0.0899. The van der Waals surface area contributed by atoms with Crippen molar-refractivity contribution < 1.29 is 4.79 Å². The number of aromatic nitrogens is 1. The van der Waals surface area contributed by atoms with E-state index in [-0.39, 0.29) is 17.9 Å². The third kappa shape index (κ3) is 3.54. The van der Waals surface area contributed by atoms with Gasteiger partial charge < -0.3 is 9.88 Å². The molecule has 0 fully saturated rings. The average Bonchev–Trinajstić information content (AvgIpc) is 2.58. The van der Waals surface area contributed by atoms with Gasteiger partial charge in [0.1, 0.15) is 0 Å². The van der Waals surface area contributed by atoms with Crippen molar-refractivity contribution in [2.24, 2.45) is 0 Å². The Morgan fingerprint density at radius 2 is 1.73 bits per heavy atom. The Morgan fingerprint density at radius 1 is 0.962 bits per heavy atom. The Balaban J connectivity index is 1.85. The lowest BCUT2D eigenvalue weighted by atomic mass is 10.1. The number of pyridine rings is 1.